The van der Waals surface area contributed by atoms with Crippen LogP contribution in [0.4, 0.5) is 0 Å². The molecule has 1 rings (SSSR count). The quantitative estimate of drug-likeness (QED) is 0.729. The predicted molar refractivity (Wildman–Crippen MR) is 62.5 cm³/mol. The van der Waals surface area contributed by atoms with Gasteiger partial charge in [-0.15, -0.1) is 0 Å². The Labute approximate surface area is 93.0 Å². The minimum atomic E-state index is 0.133. The minimum Gasteiger partial charge on any atom is -0.346 e. The van der Waals surface area contributed by atoms with Gasteiger partial charge < -0.3 is 10.6 Å². The molecule has 2 N–H and O–H groups in total. The van der Waals surface area contributed by atoms with Gasteiger partial charge in [0, 0.05) is 26.1 Å². The van der Waals surface area contributed by atoms with Gasteiger partial charge >= 0.3 is 0 Å². The Morgan fingerprint density at radius 1 is 1.53 bits per heavy atom. The molecule has 0 saturated heterocycles. The monoisotopic (exact) mass is 212 g/mol. The van der Waals surface area contributed by atoms with Crippen LogP contribution in [0.15, 0.2) is 0 Å². The zero-order valence-corrected chi connectivity index (χ0v) is 10.0. The standard InChI is InChI=1S/C12H24N2O/c1-10(13)6-7-12(15)14(2)9-8-11-4-3-5-11/h10-11H,3-9,13H2,1-2H3. The van der Waals surface area contributed by atoms with E-state index in [2.05, 4.69) is 0 Å². The Hall–Kier alpha value is -0.570. The predicted octanol–water partition coefficient (Wildman–Crippen LogP) is 1.76. The van der Waals surface area contributed by atoms with Gasteiger partial charge in [-0.25, -0.2) is 0 Å². The van der Waals surface area contributed by atoms with Crippen molar-refractivity contribution in [1.82, 2.24) is 4.90 Å². The van der Waals surface area contributed by atoms with Crippen LogP contribution >= 0.6 is 0 Å². The molecule has 88 valence electrons. The SMILES string of the molecule is CC(N)CCC(=O)N(C)CCC1CCC1. The normalized spacial score (nSPS) is 18.3. The van der Waals surface area contributed by atoms with Gasteiger partial charge in [-0.1, -0.05) is 19.3 Å². The number of nitrogens with zero attached hydrogens (tertiary/aromatic N) is 1. The van der Waals surface area contributed by atoms with Crippen molar-refractivity contribution in [2.45, 2.75) is 51.5 Å². The first-order valence-electron chi connectivity index (χ1n) is 6.09. The van der Waals surface area contributed by atoms with Crippen molar-refractivity contribution in [2.24, 2.45) is 11.7 Å². The topological polar surface area (TPSA) is 46.3 Å². The zero-order valence-electron chi connectivity index (χ0n) is 10.0. The molecule has 0 aromatic heterocycles. The summed E-state index contributed by atoms with van der Waals surface area (Å²) in [5.74, 6) is 1.13. The first-order chi connectivity index (χ1) is 7.09. The molecule has 3 nitrogen and oxygen atoms in total. The third kappa shape index (κ3) is 4.65. The highest BCUT2D eigenvalue weighted by molar-refractivity contribution is 5.75. The second-order valence-corrected chi connectivity index (χ2v) is 4.92. The maximum atomic E-state index is 11.6. The number of carbonyl (C=O) groups excluding carboxylic acids is 1. The van der Waals surface area contributed by atoms with Crippen LogP contribution in [0.5, 0.6) is 0 Å². The highest BCUT2D eigenvalue weighted by atomic mass is 16.2. The lowest BCUT2D eigenvalue weighted by molar-refractivity contribution is -0.130. The van der Waals surface area contributed by atoms with Crippen molar-refractivity contribution in [1.29, 1.82) is 0 Å². The number of nitrogens with two attached hydrogens (primary N) is 1. The van der Waals surface area contributed by atoms with Gasteiger partial charge in [0.25, 0.3) is 0 Å². The lowest BCUT2D eigenvalue weighted by Gasteiger charge is -2.27. The number of rotatable bonds is 6. The first kappa shape index (κ1) is 12.5. The Bertz CT molecular complexity index is 200. The van der Waals surface area contributed by atoms with Gasteiger partial charge in [-0.2, -0.15) is 0 Å². The summed E-state index contributed by atoms with van der Waals surface area (Å²) >= 11 is 0. The van der Waals surface area contributed by atoms with Crippen molar-refractivity contribution in [3.63, 3.8) is 0 Å². The Kier molecular flexibility index (Phi) is 5.09. The van der Waals surface area contributed by atoms with Crippen LogP contribution in [0.25, 0.3) is 0 Å². The van der Waals surface area contributed by atoms with Crippen molar-refractivity contribution >= 4 is 5.91 Å². The van der Waals surface area contributed by atoms with Crippen LogP contribution < -0.4 is 5.73 Å². The van der Waals surface area contributed by atoms with Crippen LogP contribution in [0.1, 0.15) is 45.4 Å². The van der Waals surface area contributed by atoms with Gasteiger partial charge in [0.2, 0.25) is 5.91 Å². The fraction of sp³-hybridized carbons (Fsp3) is 0.917. The molecule has 0 aliphatic heterocycles. The van der Waals surface area contributed by atoms with Crippen molar-refractivity contribution in [2.75, 3.05) is 13.6 Å². The summed E-state index contributed by atoms with van der Waals surface area (Å²) in [4.78, 5) is 13.5. The molecule has 1 unspecified atom stereocenters. The second-order valence-electron chi connectivity index (χ2n) is 4.92. The van der Waals surface area contributed by atoms with Crippen molar-refractivity contribution in [3.05, 3.63) is 0 Å². The molecule has 0 bridgehead atoms. The van der Waals surface area contributed by atoms with Gasteiger partial charge in [0.15, 0.2) is 0 Å². The summed E-state index contributed by atoms with van der Waals surface area (Å²) < 4.78 is 0. The summed E-state index contributed by atoms with van der Waals surface area (Å²) in [5, 5.41) is 0. The van der Waals surface area contributed by atoms with E-state index in [1.165, 1.54) is 25.7 Å². The zero-order chi connectivity index (χ0) is 11.3. The Morgan fingerprint density at radius 2 is 2.20 bits per heavy atom. The molecule has 0 aromatic carbocycles. The molecular formula is C12H24N2O. The molecule has 1 aliphatic carbocycles. The van der Waals surface area contributed by atoms with E-state index in [0.717, 1.165) is 18.9 Å². The van der Waals surface area contributed by atoms with Crippen LogP contribution in [-0.2, 0) is 4.79 Å². The second kappa shape index (κ2) is 6.11. The third-order valence-electron chi connectivity index (χ3n) is 3.34. The van der Waals surface area contributed by atoms with Crippen molar-refractivity contribution < 1.29 is 4.79 Å². The molecule has 1 saturated carbocycles. The molecule has 0 spiro atoms. The largest absolute Gasteiger partial charge is 0.346 e. The molecule has 0 heterocycles. The molecule has 0 aromatic rings. The Balaban J connectivity index is 2.08. The van der Waals surface area contributed by atoms with E-state index in [1.807, 2.05) is 18.9 Å². The van der Waals surface area contributed by atoms with Gasteiger partial charge in [-0.3, -0.25) is 4.79 Å². The van der Waals surface area contributed by atoms with Crippen LogP contribution in [0.2, 0.25) is 0 Å². The third-order valence-corrected chi connectivity index (χ3v) is 3.34. The fourth-order valence-corrected chi connectivity index (χ4v) is 1.82. The summed E-state index contributed by atoms with van der Waals surface area (Å²) in [5.41, 5.74) is 5.62. The maximum Gasteiger partial charge on any atom is 0.222 e. The van der Waals surface area contributed by atoms with Crippen LogP contribution in [-0.4, -0.2) is 30.4 Å². The van der Waals surface area contributed by atoms with Gasteiger partial charge in [0.1, 0.15) is 0 Å². The fourth-order valence-electron chi connectivity index (χ4n) is 1.82. The number of carbonyl (C=O) groups is 1. The lowest BCUT2D eigenvalue weighted by Crippen LogP contribution is -2.31. The van der Waals surface area contributed by atoms with E-state index in [4.69, 9.17) is 5.73 Å². The molecule has 15 heavy (non-hydrogen) atoms. The number of hydrogen-bond acceptors (Lipinski definition) is 2. The summed E-state index contributed by atoms with van der Waals surface area (Å²) in [6.45, 7) is 2.87. The molecule has 1 fully saturated rings. The maximum absolute atomic E-state index is 11.6. The van der Waals surface area contributed by atoms with E-state index >= 15 is 0 Å². The highest BCUT2D eigenvalue weighted by Crippen LogP contribution is 2.29. The summed E-state index contributed by atoms with van der Waals surface area (Å²) in [6, 6.07) is 0.133. The number of amides is 1. The van der Waals surface area contributed by atoms with Crippen LogP contribution in [0.3, 0.4) is 0 Å². The Morgan fingerprint density at radius 3 is 2.67 bits per heavy atom. The minimum absolute atomic E-state index is 0.133. The highest BCUT2D eigenvalue weighted by Gasteiger charge is 2.18. The van der Waals surface area contributed by atoms with E-state index in [0.29, 0.717) is 6.42 Å². The molecule has 1 atom stereocenters. The van der Waals surface area contributed by atoms with Gasteiger partial charge in [0.05, 0.1) is 0 Å². The average molecular weight is 212 g/mol. The van der Waals surface area contributed by atoms with Crippen LogP contribution in [0, 0.1) is 5.92 Å². The number of hydrogen-bond donors (Lipinski definition) is 1. The van der Waals surface area contributed by atoms with Crippen molar-refractivity contribution in [3.8, 4) is 0 Å². The van der Waals surface area contributed by atoms with E-state index in [-0.39, 0.29) is 11.9 Å². The molecule has 1 amide bonds. The molecule has 0 radical (unpaired) electrons. The van der Waals surface area contributed by atoms with E-state index < -0.39 is 0 Å². The molecule has 3 heteroatoms. The first-order valence-corrected chi connectivity index (χ1v) is 6.09. The smallest absolute Gasteiger partial charge is 0.222 e. The molecular weight excluding hydrogens is 188 g/mol. The molecule has 1 aliphatic rings. The summed E-state index contributed by atoms with van der Waals surface area (Å²) in [7, 11) is 1.90. The van der Waals surface area contributed by atoms with E-state index in [9.17, 15) is 4.79 Å². The average Bonchev–Trinajstić information content (AvgIpc) is 2.11. The lowest BCUT2D eigenvalue weighted by atomic mass is 9.83. The summed E-state index contributed by atoms with van der Waals surface area (Å²) in [6.07, 6.45) is 6.68. The van der Waals surface area contributed by atoms with E-state index in [1.54, 1.807) is 0 Å². The van der Waals surface area contributed by atoms with Gasteiger partial charge in [-0.05, 0) is 25.7 Å².